The number of rotatable bonds is 4. The van der Waals surface area contributed by atoms with Gasteiger partial charge < -0.3 is 11.1 Å². The van der Waals surface area contributed by atoms with Gasteiger partial charge in [-0.25, -0.2) is 0 Å². The molecule has 0 fully saturated rings. The van der Waals surface area contributed by atoms with E-state index in [2.05, 4.69) is 17.4 Å². The van der Waals surface area contributed by atoms with Crippen molar-refractivity contribution in [2.75, 3.05) is 24.3 Å². The van der Waals surface area contributed by atoms with Crippen molar-refractivity contribution in [3.8, 4) is 0 Å². The van der Waals surface area contributed by atoms with Crippen molar-refractivity contribution in [3.63, 3.8) is 0 Å². The fourth-order valence-electron chi connectivity index (χ4n) is 2.23. The smallest absolute Gasteiger partial charge is 0.0357 e. The summed E-state index contributed by atoms with van der Waals surface area (Å²) in [6.45, 7) is 0.817. The van der Waals surface area contributed by atoms with Crippen LogP contribution in [-0.2, 0) is 17.2 Å². The molecule has 2 rings (SSSR count). The molecule has 0 aromatic heterocycles. The van der Waals surface area contributed by atoms with Gasteiger partial charge in [0.1, 0.15) is 0 Å². The number of anilines is 1. The summed E-state index contributed by atoms with van der Waals surface area (Å²) in [6.07, 6.45) is 3.95. The molecular weight excluding hydrogens is 220 g/mol. The maximum absolute atomic E-state index is 11.0. The lowest BCUT2D eigenvalue weighted by molar-refractivity contribution is 0.549. The van der Waals surface area contributed by atoms with Gasteiger partial charge in [-0.3, -0.25) is 4.21 Å². The molecule has 2 atom stereocenters. The van der Waals surface area contributed by atoms with E-state index in [1.165, 1.54) is 11.1 Å². The number of nitrogen functional groups attached to an aromatic ring is 1. The molecule has 88 valence electrons. The SMILES string of the molecule is CS(=O)CCNC1CCc2cc(N)ccc21. The van der Waals surface area contributed by atoms with Crippen molar-refractivity contribution in [2.24, 2.45) is 0 Å². The van der Waals surface area contributed by atoms with Crippen LogP contribution in [-0.4, -0.2) is 22.8 Å². The lowest BCUT2D eigenvalue weighted by Gasteiger charge is -2.13. The summed E-state index contributed by atoms with van der Waals surface area (Å²) in [4.78, 5) is 0. The summed E-state index contributed by atoms with van der Waals surface area (Å²) in [5.41, 5.74) is 9.31. The Balaban J connectivity index is 1.98. The summed E-state index contributed by atoms with van der Waals surface area (Å²) in [6, 6.07) is 6.54. The van der Waals surface area contributed by atoms with E-state index in [-0.39, 0.29) is 0 Å². The molecule has 3 nitrogen and oxygen atoms in total. The Labute approximate surface area is 98.9 Å². The minimum absolute atomic E-state index is 0.416. The Morgan fingerprint density at radius 3 is 3.12 bits per heavy atom. The highest BCUT2D eigenvalue weighted by Crippen LogP contribution is 2.31. The van der Waals surface area contributed by atoms with Crippen LogP contribution in [0.5, 0.6) is 0 Å². The molecule has 4 heteroatoms. The first kappa shape index (κ1) is 11.6. The Morgan fingerprint density at radius 1 is 1.56 bits per heavy atom. The second kappa shape index (κ2) is 4.97. The molecule has 1 aliphatic carbocycles. The van der Waals surface area contributed by atoms with Crippen LogP contribution in [0.15, 0.2) is 18.2 Å². The molecule has 1 aromatic rings. The van der Waals surface area contributed by atoms with Gasteiger partial charge in [-0.15, -0.1) is 0 Å². The summed E-state index contributed by atoms with van der Waals surface area (Å²) in [5, 5.41) is 3.45. The van der Waals surface area contributed by atoms with Crippen molar-refractivity contribution in [2.45, 2.75) is 18.9 Å². The first-order valence-electron chi connectivity index (χ1n) is 5.58. The van der Waals surface area contributed by atoms with Gasteiger partial charge in [0.25, 0.3) is 0 Å². The average Bonchev–Trinajstić information content (AvgIpc) is 2.60. The van der Waals surface area contributed by atoms with E-state index in [0.717, 1.165) is 30.8 Å². The Bertz CT molecular complexity index is 406. The zero-order valence-corrected chi connectivity index (χ0v) is 10.3. The van der Waals surface area contributed by atoms with E-state index in [9.17, 15) is 4.21 Å². The molecule has 0 saturated heterocycles. The summed E-state index contributed by atoms with van der Waals surface area (Å²) in [5.74, 6) is 0.723. The zero-order chi connectivity index (χ0) is 11.5. The van der Waals surface area contributed by atoms with E-state index in [4.69, 9.17) is 5.73 Å². The molecule has 0 aliphatic heterocycles. The fourth-order valence-corrected chi connectivity index (χ4v) is 2.63. The Kier molecular flexibility index (Phi) is 3.61. The van der Waals surface area contributed by atoms with Crippen molar-refractivity contribution in [1.29, 1.82) is 0 Å². The number of nitrogens with two attached hydrogens (primary N) is 1. The highest BCUT2D eigenvalue weighted by Gasteiger charge is 2.21. The molecule has 0 radical (unpaired) electrons. The van der Waals surface area contributed by atoms with Gasteiger partial charge in [0.05, 0.1) is 0 Å². The third-order valence-electron chi connectivity index (χ3n) is 3.03. The molecule has 1 aliphatic rings. The van der Waals surface area contributed by atoms with Crippen LogP contribution in [0.4, 0.5) is 5.69 Å². The number of fused-ring (bicyclic) bond motifs is 1. The molecular formula is C12H18N2OS. The Morgan fingerprint density at radius 2 is 2.38 bits per heavy atom. The Hall–Kier alpha value is -0.870. The van der Waals surface area contributed by atoms with E-state index in [1.807, 2.05) is 6.07 Å². The van der Waals surface area contributed by atoms with Gasteiger partial charge in [0.2, 0.25) is 0 Å². The van der Waals surface area contributed by atoms with E-state index in [0.29, 0.717) is 6.04 Å². The highest BCUT2D eigenvalue weighted by molar-refractivity contribution is 7.84. The van der Waals surface area contributed by atoms with Gasteiger partial charge >= 0.3 is 0 Å². The molecule has 1 aromatic carbocycles. The summed E-state index contributed by atoms with van der Waals surface area (Å²) < 4.78 is 11.0. The predicted molar refractivity (Wildman–Crippen MR) is 68.9 cm³/mol. The second-order valence-corrected chi connectivity index (χ2v) is 5.84. The maximum Gasteiger partial charge on any atom is 0.0357 e. The van der Waals surface area contributed by atoms with Gasteiger partial charge in [-0.05, 0) is 36.1 Å². The van der Waals surface area contributed by atoms with Crippen LogP contribution in [0.2, 0.25) is 0 Å². The van der Waals surface area contributed by atoms with Crippen LogP contribution in [0.3, 0.4) is 0 Å². The minimum Gasteiger partial charge on any atom is -0.399 e. The van der Waals surface area contributed by atoms with E-state index >= 15 is 0 Å². The molecule has 16 heavy (non-hydrogen) atoms. The molecule has 0 spiro atoms. The van der Waals surface area contributed by atoms with Crippen LogP contribution in [0, 0.1) is 0 Å². The molecule has 0 amide bonds. The number of hydrogen-bond acceptors (Lipinski definition) is 3. The molecule has 3 N–H and O–H groups in total. The lowest BCUT2D eigenvalue weighted by Crippen LogP contribution is -2.24. The normalized spacial score (nSPS) is 20.7. The van der Waals surface area contributed by atoms with Gasteiger partial charge in [-0.2, -0.15) is 0 Å². The fraction of sp³-hybridized carbons (Fsp3) is 0.500. The third kappa shape index (κ3) is 2.62. The molecule has 0 heterocycles. The van der Waals surface area contributed by atoms with Gasteiger partial charge in [-0.1, -0.05) is 6.07 Å². The van der Waals surface area contributed by atoms with Crippen LogP contribution in [0.1, 0.15) is 23.6 Å². The lowest BCUT2D eigenvalue weighted by atomic mass is 10.1. The van der Waals surface area contributed by atoms with Gasteiger partial charge in [0.15, 0.2) is 0 Å². The van der Waals surface area contributed by atoms with Gasteiger partial charge in [0, 0.05) is 41.1 Å². The summed E-state index contributed by atoms with van der Waals surface area (Å²) in [7, 11) is -0.710. The zero-order valence-electron chi connectivity index (χ0n) is 9.53. The first-order valence-corrected chi connectivity index (χ1v) is 7.31. The van der Waals surface area contributed by atoms with Crippen molar-refractivity contribution < 1.29 is 4.21 Å². The number of nitrogens with one attached hydrogen (secondary N) is 1. The van der Waals surface area contributed by atoms with Crippen LogP contribution in [0.25, 0.3) is 0 Å². The molecule has 0 bridgehead atoms. The quantitative estimate of drug-likeness (QED) is 0.776. The van der Waals surface area contributed by atoms with Crippen LogP contribution < -0.4 is 11.1 Å². The number of benzene rings is 1. The minimum atomic E-state index is -0.710. The average molecular weight is 238 g/mol. The van der Waals surface area contributed by atoms with Crippen molar-refractivity contribution in [3.05, 3.63) is 29.3 Å². The summed E-state index contributed by atoms with van der Waals surface area (Å²) >= 11 is 0. The molecule has 0 saturated carbocycles. The van der Waals surface area contributed by atoms with Crippen LogP contribution >= 0.6 is 0 Å². The second-order valence-electron chi connectivity index (χ2n) is 4.28. The largest absolute Gasteiger partial charge is 0.399 e. The third-order valence-corrected chi connectivity index (χ3v) is 3.80. The predicted octanol–water partition coefficient (Wildman–Crippen LogP) is 1.22. The number of hydrogen-bond donors (Lipinski definition) is 2. The monoisotopic (exact) mass is 238 g/mol. The highest BCUT2D eigenvalue weighted by atomic mass is 32.2. The number of aryl methyl sites for hydroxylation is 1. The maximum atomic E-state index is 11.0. The first-order chi connectivity index (χ1) is 7.66. The van der Waals surface area contributed by atoms with Crippen molar-refractivity contribution in [1.82, 2.24) is 5.32 Å². The van der Waals surface area contributed by atoms with Crippen molar-refractivity contribution >= 4 is 16.5 Å². The van der Waals surface area contributed by atoms with E-state index < -0.39 is 10.8 Å². The molecule has 2 unspecified atom stereocenters. The standard InChI is InChI=1S/C12H18N2OS/c1-16(15)7-6-14-12-5-2-9-8-10(13)3-4-11(9)12/h3-4,8,12,14H,2,5-7,13H2,1H3. The van der Waals surface area contributed by atoms with E-state index in [1.54, 1.807) is 6.26 Å². The topological polar surface area (TPSA) is 55.1 Å².